The predicted molar refractivity (Wildman–Crippen MR) is 85.9 cm³/mol. The summed E-state index contributed by atoms with van der Waals surface area (Å²) in [7, 11) is 0. The summed E-state index contributed by atoms with van der Waals surface area (Å²) < 4.78 is 5.50. The molecule has 0 fully saturated rings. The van der Waals surface area contributed by atoms with Crippen LogP contribution in [0.15, 0.2) is 48.5 Å². The van der Waals surface area contributed by atoms with E-state index in [2.05, 4.69) is 5.32 Å². The maximum absolute atomic E-state index is 12.3. The van der Waals surface area contributed by atoms with Crippen molar-refractivity contribution >= 4 is 11.6 Å². The second-order valence-corrected chi connectivity index (χ2v) is 5.58. The van der Waals surface area contributed by atoms with E-state index in [1.54, 1.807) is 30.3 Å². The number of nitrogens with zero attached hydrogens (tertiary/aromatic N) is 1. The van der Waals surface area contributed by atoms with E-state index >= 15 is 0 Å². The van der Waals surface area contributed by atoms with Crippen molar-refractivity contribution in [2.24, 2.45) is 0 Å². The molecule has 2 aromatic carbocycles. The van der Waals surface area contributed by atoms with Gasteiger partial charge in [0.25, 0.3) is 11.6 Å². The Labute approximate surface area is 138 Å². The first-order valence-corrected chi connectivity index (χ1v) is 7.47. The van der Waals surface area contributed by atoms with Crippen LogP contribution in [0, 0.1) is 10.1 Å². The Balaban J connectivity index is 1.79. The van der Waals surface area contributed by atoms with Crippen molar-refractivity contribution in [1.82, 2.24) is 5.32 Å². The summed E-state index contributed by atoms with van der Waals surface area (Å²) in [6, 6.07) is 12.8. The molecule has 3 rings (SSSR count). The van der Waals surface area contributed by atoms with Gasteiger partial charge in [-0.2, -0.15) is 0 Å². The molecular weight excluding hydrogens is 312 g/mol. The molecule has 1 aliphatic rings. The number of ether oxygens (including phenoxy) is 1. The molecule has 1 heterocycles. The van der Waals surface area contributed by atoms with Gasteiger partial charge in [0, 0.05) is 18.1 Å². The molecule has 7 heteroatoms. The highest BCUT2D eigenvalue weighted by atomic mass is 16.6. The van der Waals surface area contributed by atoms with Crippen molar-refractivity contribution in [2.75, 3.05) is 13.2 Å². The number of benzene rings is 2. The van der Waals surface area contributed by atoms with Gasteiger partial charge in [-0.05, 0) is 12.1 Å². The number of hydrogen-bond acceptors (Lipinski definition) is 5. The zero-order chi connectivity index (χ0) is 17.2. The number of hydrogen-bond donors (Lipinski definition) is 2. The maximum atomic E-state index is 12.3. The first kappa shape index (κ1) is 15.9. The van der Waals surface area contributed by atoms with E-state index in [4.69, 9.17) is 4.74 Å². The van der Waals surface area contributed by atoms with Crippen molar-refractivity contribution in [3.8, 4) is 5.75 Å². The summed E-state index contributed by atoms with van der Waals surface area (Å²) in [5, 5.41) is 24.5. The number of para-hydroxylation sites is 2. The number of amides is 1. The van der Waals surface area contributed by atoms with Crippen molar-refractivity contribution < 1.29 is 19.6 Å². The summed E-state index contributed by atoms with van der Waals surface area (Å²) in [4.78, 5) is 22.7. The number of fused-ring (bicyclic) bond motifs is 1. The van der Waals surface area contributed by atoms with Crippen LogP contribution in [0.5, 0.6) is 5.75 Å². The fourth-order valence-electron chi connectivity index (χ4n) is 2.77. The maximum Gasteiger partial charge on any atom is 0.282 e. The van der Waals surface area contributed by atoms with Crippen molar-refractivity contribution in [2.45, 2.75) is 12.0 Å². The Kier molecular flexibility index (Phi) is 4.18. The third kappa shape index (κ3) is 2.93. The van der Waals surface area contributed by atoms with E-state index < -0.39 is 16.4 Å². The number of nitro benzene ring substituents is 1. The third-order valence-corrected chi connectivity index (χ3v) is 4.05. The van der Waals surface area contributed by atoms with Gasteiger partial charge in [-0.25, -0.2) is 0 Å². The lowest BCUT2D eigenvalue weighted by molar-refractivity contribution is -0.385. The summed E-state index contributed by atoms with van der Waals surface area (Å²) in [6.45, 7) is 0.271. The minimum Gasteiger partial charge on any atom is -0.493 e. The van der Waals surface area contributed by atoms with Crippen LogP contribution in [0.1, 0.15) is 22.3 Å². The lowest BCUT2D eigenvalue weighted by atomic mass is 9.88. The van der Waals surface area contributed by atoms with Gasteiger partial charge >= 0.3 is 0 Å². The Bertz CT molecular complexity index is 792. The molecule has 1 aliphatic heterocycles. The molecule has 0 bridgehead atoms. The van der Waals surface area contributed by atoms with Crippen LogP contribution in [0.4, 0.5) is 5.69 Å². The molecule has 2 N–H and O–H groups in total. The Hall–Kier alpha value is -2.93. The normalized spacial score (nSPS) is 19.0. The van der Waals surface area contributed by atoms with Gasteiger partial charge in [0.15, 0.2) is 0 Å². The molecule has 0 saturated carbocycles. The van der Waals surface area contributed by atoms with Crippen LogP contribution in [0.3, 0.4) is 0 Å². The van der Waals surface area contributed by atoms with E-state index in [0.717, 1.165) is 0 Å². The molecule has 0 aliphatic carbocycles. The molecule has 0 radical (unpaired) electrons. The Morgan fingerprint density at radius 2 is 1.96 bits per heavy atom. The third-order valence-electron chi connectivity index (χ3n) is 4.05. The van der Waals surface area contributed by atoms with Crippen LogP contribution in [0.2, 0.25) is 0 Å². The summed E-state index contributed by atoms with van der Waals surface area (Å²) >= 11 is 0. The lowest BCUT2D eigenvalue weighted by Crippen LogP contribution is -2.44. The molecule has 124 valence electrons. The molecule has 0 aromatic heterocycles. The van der Waals surface area contributed by atoms with Crippen LogP contribution in [-0.2, 0) is 5.60 Å². The zero-order valence-electron chi connectivity index (χ0n) is 12.8. The summed E-state index contributed by atoms with van der Waals surface area (Å²) in [5.41, 5.74) is -0.978. The molecule has 1 unspecified atom stereocenters. The van der Waals surface area contributed by atoms with E-state index in [1.807, 2.05) is 0 Å². The number of nitro groups is 1. The van der Waals surface area contributed by atoms with Crippen molar-refractivity contribution in [3.63, 3.8) is 0 Å². The van der Waals surface area contributed by atoms with E-state index in [0.29, 0.717) is 24.3 Å². The van der Waals surface area contributed by atoms with Crippen molar-refractivity contribution in [1.29, 1.82) is 0 Å². The van der Waals surface area contributed by atoms with Crippen LogP contribution in [-0.4, -0.2) is 29.1 Å². The van der Waals surface area contributed by atoms with E-state index in [-0.39, 0.29) is 17.8 Å². The summed E-state index contributed by atoms with van der Waals surface area (Å²) in [6.07, 6.45) is 0.321. The summed E-state index contributed by atoms with van der Waals surface area (Å²) in [5.74, 6) is -0.0223. The highest BCUT2D eigenvalue weighted by molar-refractivity contribution is 5.98. The van der Waals surface area contributed by atoms with Gasteiger partial charge in [0.2, 0.25) is 0 Å². The fraction of sp³-hybridized carbons (Fsp3) is 0.235. The molecule has 24 heavy (non-hydrogen) atoms. The van der Waals surface area contributed by atoms with Gasteiger partial charge in [-0.15, -0.1) is 0 Å². The van der Waals surface area contributed by atoms with Gasteiger partial charge in [-0.1, -0.05) is 30.3 Å². The molecule has 0 saturated heterocycles. The van der Waals surface area contributed by atoms with E-state index in [1.165, 1.54) is 18.2 Å². The number of nitrogens with one attached hydrogen (secondary N) is 1. The van der Waals surface area contributed by atoms with Crippen LogP contribution in [0.25, 0.3) is 0 Å². The number of carbonyl (C=O) groups is 1. The van der Waals surface area contributed by atoms with Crippen molar-refractivity contribution in [3.05, 3.63) is 69.8 Å². The molecule has 7 nitrogen and oxygen atoms in total. The van der Waals surface area contributed by atoms with Gasteiger partial charge < -0.3 is 15.2 Å². The Morgan fingerprint density at radius 1 is 1.25 bits per heavy atom. The lowest BCUT2D eigenvalue weighted by Gasteiger charge is -2.34. The quantitative estimate of drug-likeness (QED) is 0.660. The molecule has 2 aromatic rings. The van der Waals surface area contributed by atoms with Gasteiger partial charge in [0.1, 0.15) is 16.9 Å². The monoisotopic (exact) mass is 328 g/mol. The number of aliphatic hydroxyl groups is 1. The SMILES string of the molecule is O=C(NCC1(O)CCOc2ccccc21)c1ccccc1[N+](=O)[O-]. The topological polar surface area (TPSA) is 102 Å². The first-order chi connectivity index (χ1) is 11.5. The van der Waals surface area contributed by atoms with Gasteiger partial charge in [-0.3, -0.25) is 14.9 Å². The average molecular weight is 328 g/mol. The highest BCUT2D eigenvalue weighted by Crippen LogP contribution is 2.36. The van der Waals surface area contributed by atoms with E-state index in [9.17, 15) is 20.0 Å². The first-order valence-electron chi connectivity index (χ1n) is 7.47. The van der Waals surface area contributed by atoms with Gasteiger partial charge in [0.05, 0.1) is 18.1 Å². The standard InChI is InChI=1S/C17H16N2O5/c20-16(12-5-1-3-7-14(12)19(22)23)18-11-17(21)9-10-24-15-8-4-2-6-13(15)17/h1-8,21H,9-11H2,(H,18,20). The fourth-order valence-corrected chi connectivity index (χ4v) is 2.77. The predicted octanol–water partition coefficient (Wildman–Crippen LogP) is 1.99. The molecule has 1 amide bonds. The Morgan fingerprint density at radius 3 is 2.75 bits per heavy atom. The highest BCUT2D eigenvalue weighted by Gasteiger charge is 2.36. The zero-order valence-corrected chi connectivity index (χ0v) is 12.8. The van der Waals surface area contributed by atoms with Crippen LogP contribution >= 0.6 is 0 Å². The number of rotatable bonds is 4. The minimum absolute atomic E-state index is 0.0357. The molecule has 0 spiro atoms. The molecular formula is C17H16N2O5. The smallest absolute Gasteiger partial charge is 0.282 e. The largest absolute Gasteiger partial charge is 0.493 e. The number of carbonyl (C=O) groups excluding carboxylic acids is 1. The second-order valence-electron chi connectivity index (χ2n) is 5.58. The van der Waals surface area contributed by atoms with Crippen LogP contribution < -0.4 is 10.1 Å². The average Bonchev–Trinajstić information content (AvgIpc) is 2.60. The molecule has 1 atom stereocenters. The second kappa shape index (κ2) is 6.29. The minimum atomic E-state index is -1.27.